The van der Waals surface area contributed by atoms with Crippen LogP contribution in [0.4, 0.5) is 0 Å². The molecule has 0 spiro atoms. The number of methoxy groups -OCH3 is 1. The summed E-state index contributed by atoms with van der Waals surface area (Å²) >= 11 is 0. The van der Waals surface area contributed by atoms with Gasteiger partial charge in [0, 0.05) is 27.7 Å². The molecule has 0 amide bonds. The Labute approximate surface area is 241 Å². The second-order valence-electron chi connectivity index (χ2n) is 10.6. The van der Waals surface area contributed by atoms with E-state index in [4.69, 9.17) is 9.47 Å². The van der Waals surface area contributed by atoms with Crippen LogP contribution in [0.2, 0.25) is 0 Å². The highest BCUT2D eigenvalue weighted by Gasteiger charge is 2.23. The van der Waals surface area contributed by atoms with Crippen molar-refractivity contribution < 1.29 is 19.1 Å². The van der Waals surface area contributed by atoms with Crippen molar-refractivity contribution in [3.8, 4) is 17.2 Å². The molecule has 204 valence electrons. The van der Waals surface area contributed by atoms with Crippen molar-refractivity contribution in [3.05, 3.63) is 160 Å². The van der Waals surface area contributed by atoms with E-state index in [-0.39, 0.29) is 17.0 Å². The van der Waals surface area contributed by atoms with Crippen molar-refractivity contribution in [1.29, 1.82) is 0 Å². The van der Waals surface area contributed by atoms with Crippen LogP contribution < -0.4 is 9.47 Å². The van der Waals surface area contributed by atoms with E-state index in [1.165, 1.54) is 11.1 Å². The first-order chi connectivity index (χ1) is 19.7. The van der Waals surface area contributed by atoms with E-state index in [9.17, 15) is 9.59 Å². The zero-order valence-corrected chi connectivity index (χ0v) is 23.7. The average molecular weight is 541 g/mol. The van der Waals surface area contributed by atoms with Gasteiger partial charge in [-0.2, -0.15) is 0 Å². The number of carbonyl (C=O) groups is 2. The van der Waals surface area contributed by atoms with Gasteiger partial charge in [-0.05, 0) is 66.6 Å². The molecule has 4 heteroatoms. The summed E-state index contributed by atoms with van der Waals surface area (Å²) in [6.07, 6.45) is 0. The van der Waals surface area contributed by atoms with Gasteiger partial charge in [-0.3, -0.25) is 9.59 Å². The number of ketones is 2. The molecular weight excluding hydrogens is 508 g/mol. The first kappa shape index (κ1) is 27.6. The molecule has 0 radical (unpaired) electrons. The third kappa shape index (κ3) is 6.12. The lowest BCUT2D eigenvalue weighted by molar-refractivity contribution is 0.102. The fourth-order valence-electron chi connectivity index (χ4n) is 4.74. The lowest BCUT2D eigenvalue weighted by Crippen LogP contribution is -2.18. The summed E-state index contributed by atoms with van der Waals surface area (Å²) in [5, 5.41) is 0. The van der Waals surface area contributed by atoms with Crippen LogP contribution in [0.1, 0.15) is 62.4 Å². The molecule has 41 heavy (non-hydrogen) atoms. The summed E-state index contributed by atoms with van der Waals surface area (Å²) < 4.78 is 11.3. The molecule has 0 heterocycles. The van der Waals surface area contributed by atoms with Gasteiger partial charge < -0.3 is 9.47 Å². The number of carbonyl (C=O) groups excluding carboxylic acids is 2. The molecule has 0 aliphatic carbocycles. The van der Waals surface area contributed by atoms with Crippen LogP contribution in [0, 0.1) is 6.92 Å². The monoisotopic (exact) mass is 540 g/mol. The van der Waals surface area contributed by atoms with Crippen LogP contribution in [0.25, 0.3) is 0 Å². The summed E-state index contributed by atoms with van der Waals surface area (Å²) in [4.78, 5) is 25.8. The molecule has 0 saturated carbocycles. The third-order valence-electron chi connectivity index (χ3n) is 7.46. The Morgan fingerprint density at radius 3 is 1.20 bits per heavy atom. The molecule has 0 aliphatic rings. The van der Waals surface area contributed by atoms with Crippen LogP contribution >= 0.6 is 0 Å². The molecule has 4 nitrogen and oxygen atoms in total. The van der Waals surface area contributed by atoms with E-state index >= 15 is 0 Å². The second-order valence-corrected chi connectivity index (χ2v) is 10.6. The van der Waals surface area contributed by atoms with Crippen LogP contribution in [0.15, 0.2) is 121 Å². The number of rotatable bonds is 9. The maximum atomic E-state index is 13.1. The van der Waals surface area contributed by atoms with Gasteiger partial charge in [0.05, 0.1) is 7.11 Å². The van der Waals surface area contributed by atoms with E-state index in [1.807, 2.05) is 55.5 Å². The predicted octanol–water partition coefficient (Wildman–Crippen LogP) is 8.58. The molecule has 0 aliphatic heterocycles. The zero-order valence-electron chi connectivity index (χ0n) is 23.7. The minimum Gasteiger partial charge on any atom is -0.497 e. The molecule has 0 saturated heterocycles. The molecule has 0 bridgehead atoms. The summed E-state index contributed by atoms with van der Waals surface area (Å²) in [5.74, 6) is 2.01. The highest BCUT2D eigenvalue weighted by Crippen LogP contribution is 2.34. The topological polar surface area (TPSA) is 52.6 Å². The number of hydrogen-bond donors (Lipinski definition) is 0. The molecule has 0 N–H and O–H groups in total. The molecule has 0 fully saturated rings. The Hall–Kier alpha value is -4.96. The Bertz CT molecular complexity index is 1640. The largest absolute Gasteiger partial charge is 0.497 e. The lowest BCUT2D eigenvalue weighted by Gasteiger charge is -2.26. The Balaban J connectivity index is 1.23. The lowest BCUT2D eigenvalue weighted by atomic mass is 9.78. The van der Waals surface area contributed by atoms with Crippen molar-refractivity contribution in [2.75, 3.05) is 7.11 Å². The number of aryl methyl sites for hydroxylation is 1. The van der Waals surface area contributed by atoms with Crippen molar-refractivity contribution in [3.63, 3.8) is 0 Å². The van der Waals surface area contributed by atoms with Gasteiger partial charge in [-0.1, -0.05) is 92.2 Å². The van der Waals surface area contributed by atoms with Crippen molar-refractivity contribution >= 4 is 11.6 Å². The SMILES string of the molecule is COc1ccc(C(C)(C)c2ccc(Oc3ccc(C(=O)c4ccc(C(=O)c5ccc(C)cc5)cc4)cc3)cc2)cc1. The summed E-state index contributed by atoms with van der Waals surface area (Å²) in [7, 11) is 1.67. The Morgan fingerprint density at radius 1 is 0.488 bits per heavy atom. The summed E-state index contributed by atoms with van der Waals surface area (Å²) in [6.45, 7) is 6.36. The third-order valence-corrected chi connectivity index (χ3v) is 7.46. The van der Waals surface area contributed by atoms with E-state index in [0.717, 1.165) is 11.3 Å². The van der Waals surface area contributed by atoms with Gasteiger partial charge >= 0.3 is 0 Å². The van der Waals surface area contributed by atoms with Gasteiger partial charge in [-0.15, -0.1) is 0 Å². The minimum absolute atomic E-state index is 0.0668. The maximum absolute atomic E-state index is 13.1. The molecule has 0 unspecified atom stereocenters. The van der Waals surface area contributed by atoms with Gasteiger partial charge in [0.15, 0.2) is 11.6 Å². The van der Waals surface area contributed by atoms with Gasteiger partial charge in [0.2, 0.25) is 0 Å². The molecule has 5 aromatic carbocycles. The fraction of sp³-hybridized carbons (Fsp3) is 0.135. The summed E-state index contributed by atoms with van der Waals surface area (Å²) in [5.41, 5.74) is 5.52. The highest BCUT2D eigenvalue weighted by molar-refractivity contribution is 6.11. The summed E-state index contributed by atoms with van der Waals surface area (Å²) in [6, 6.07) is 37.5. The van der Waals surface area contributed by atoms with Gasteiger partial charge in [0.25, 0.3) is 0 Å². The second kappa shape index (κ2) is 11.6. The number of hydrogen-bond acceptors (Lipinski definition) is 4. The van der Waals surface area contributed by atoms with Crippen LogP contribution in [-0.2, 0) is 5.41 Å². The molecule has 5 aromatic rings. The molecule has 5 rings (SSSR count). The number of benzene rings is 5. The average Bonchev–Trinajstić information content (AvgIpc) is 3.01. The first-order valence-electron chi connectivity index (χ1n) is 13.5. The van der Waals surface area contributed by atoms with Crippen molar-refractivity contribution in [1.82, 2.24) is 0 Å². The van der Waals surface area contributed by atoms with Crippen LogP contribution in [-0.4, -0.2) is 18.7 Å². The Kier molecular flexibility index (Phi) is 7.84. The maximum Gasteiger partial charge on any atom is 0.193 e. The molecule has 0 atom stereocenters. The minimum atomic E-state index is -0.182. The normalized spacial score (nSPS) is 11.1. The first-order valence-corrected chi connectivity index (χ1v) is 13.5. The Morgan fingerprint density at radius 2 is 0.805 bits per heavy atom. The zero-order chi connectivity index (χ0) is 29.0. The fourth-order valence-corrected chi connectivity index (χ4v) is 4.74. The predicted molar refractivity (Wildman–Crippen MR) is 163 cm³/mol. The van der Waals surface area contributed by atoms with E-state index in [1.54, 1.807) is 55.6 Å². The van der Waals surface area contributed by atoms with E-state index < -0.39 is 0 Å². The quantitative estimate of drug-likeness (QED) is 0.176. The van der Waals surface area contributed by atoms with E-state index in [2.05, 4.69) is 38.1 Å². The van der Waals surface area contributed by atoms with Gasteiger partial charge in [0.1, 0.15) is 17.2 Å². The van der Waals surface area contributed by atoms with Crippen molar-refractivity contribution in [2.45, 2.75) is 26.2 Å². The molecule has 0 aromatic heterocycles. The number of ether oxygens (including phenoxy) is 2. The highest BCUT2D eigenvalue weighted by atomic mass is 16.5. The van der Waals surface area contributed by atoms with Crippen LogP contribution in [0.3, 0.4) is 0 Å². The standard InChI is InChI=1S/C37H32O4/c1-25-5-7-26(8-6-25)35(38)27-9-11-28(12-10-27)36(39)29-13-19-33(20-14-29)41-34-23-17-31(18-24-34)37(2,3)30-15-21-32(40-4)22-16-30/h5-24H,1-4H3. The van der Waals surface area contributed by atoms with Gasteiger partial charge in [-0.25, -0.2) is 0 Å². The van der Waals surface area contributed by atoms with Crippen LogP contribution in [0.5, 0.6) is 17.2 Å². The smallest absolute Gasteiger partial charge is 0.193 e. The van der Waals surface area contributed by atoms with Crippen molar-refractivity contribution in [2.24, 2.45) is 0 Å². The van der Waals surface area contributed by atoms with E-state index in [0.29, 0.717) is 33.8 Å². The molecular formula is C37H32O4.